The smallest absolute Gasteiger partial charge is 0.176 e. The zero-order chi connectivity index (χ0) is 9.54. The molecule has 0 amide bonds. The van der Waals surface area contributed by atoms with Gasteiger partial charge in [0.1, 0.15) is 6.26 Å². The van der Waals surface area contributed by atoms with Gasteiger partial charge in [0.25, 0.3) is 0 Å². The summed E-state index contributed by atoms with van der Waals surface area (Å²) >= 11 is 0. The number of aliphatic hydroxyl groups excluding tert-OH is 1. The molecule has 1 N–H and O–H groups in total. The molecule has 0 aromatic rings. The lowest BCUT2D eigenvalue weighted by atomic mass is 10.1. The lowest BCUT2D eigenvalue weighted by Gasteiger charge is -2.23. The zero-order valence-corrected chi connectivity index (χ0v) is 7.34. The van der Waals surface area contributed by atoms with Crippen molar-refractivity contribution >= 4 is 6.21 Å². The van der Waals surface area contributed by atoms with Crippen molar-refractivity contribution in [2.75, 3.05) is 6.54 Å². The summed E-state index contributed by atoms with van der Waals surface area (Å²) in [5.74, 6) is 1.64. The quantitative estimate of drug-likeness (QED) is 0.625. The molecule has 3 aliphatic heterocycles. The first kappa shape index (κ1) is 7.44. The Morgan fingerprint density at radius 2 is 2.43 bits per heavy atom. The summed E-state index contributed by atoms with van der Waals surface area (Å²) in [4.78, 5) is 6.21. The number of nitrogens with zero attached hydrogens (tertiary/aromatic N) is 2. The minimum atomic E-state index is 0.129. The van der Waals surface area contributed by atoms with Gasteiger partial charge in [-0.1, -0.05) is 0 Å². The van der Waals surface area contributed by atoms with Gasteiger partial charge in [0.15, 0.2) is 17.3 Å². The van der Waals surface area contributed by atoms with E-state index in [0.717, 1.165) is 17.9 Å². The van der Waals surface area contributed by atoms with Crippen LogP contribution in [-0.4, -0.2) is 22.8 Å². The molecule has 0 bridgehead atoms. The summed E-state index contributed by atoms with van der Waals surface area (Å²) in [6.45, 7) is 0.779. The van der Waals surface area contributed by atoms with E-state index in [2.05, 4.69) is 4.99 Å². The van der Waals surface area contributed by atoms with E-state index < -0.39 is 0 Å². The minimum Gasteiger partial charge on any atom is -0.505 e. The van der Waals surface area contributed by atoms with Crippen molar-refractivity contribution in [2.24, 2.45) is 4.99 Å². The number of ether oxygens (including phenoxy) is 1. The molecule has 0 saturated heterocycles. The molecule has 0 radical (unpaired) electrons. The van der Waals surface area contributed by atoms with E-state index in [1.165, 1.54) is 6.26 Å². The molecule has 3 aliphatic rings. The summed E-state index contributed by atoms with van der Waals surface area (Å²) in [7, 11) is 0. The van der Waals surface area contributed by atoms with Crippen LogP contribution in [0.1, 0.15) is 0 Å². The Bertz CT molecular complexity index is 441. The molecule has 0 spiro atoms. The molecule has 0 atom stereocenters. The van der Waals surface area contributed by atoms with Gasteiger partial charge >= 0.3 is 0 Å². The third-order valence-electron chi connectivity index (χ3n) is 2.26. The highest BCUT2D eigenvalue weighted by atomic mass is 16.5. The second kappa shape index (κ2) is 2.51. The van der Waals surface area contributed by atoms with Crippen LogP contribution in [0.3, 0.4) is 0 Å². The normalized spacial score (nSPS) is 22.7. The minimum absolute atomic E-state index is 0.129. The summed E-state index contributed by atoms with van der Waals surface area (Å²) in [5, 5.41) is 9.24. The van der Waals surface area contributed by atoms with Crippen molar-refractivity contribution in [2.45, 2.75) is 0 Å². The fourth-order valence-corrected chi connectivity index (χ4v) is 1.62. The van der Waals surface area contributed by atoms with Crippen molar-refractivity contribution in [3.8, 4) is 0 Å². The van der Waals surface area contributed by atoms with Gasteiger partial charge in [-0.05, 0) is 12.2 Å². The number of rotatable bonds is 0. The van der Waals surface area contributed by atoms with Crippen molar-refractivity contribution in [3.63, 3.8) is 0 Å². The molecule has 3 rings (SSSR count). The molecule has 4 nitrogen and oxygen atoms in total. The Labute approximate surface area is 80.8 Å². The number of aliphatic imine (C=N–C) groups is 1. The van der Waals surface area contributed by atoms with E-state index >= 15 is 0 Å². The van der Waals surface area contributed by atoms with Crippen LogP contribution >= 0.6 is 0 Å². The van der Waals surface area contributed by atoms with Gasteiger partial charge in [0.05, 0.1) is 6.54 Å². The van der Waals surface area contributed by atoms with Crippen LogP contribution in [0.15, 0.2) is 52.5 Å². The molecule has 70 valence electrons. The summed E-state index contributed by atoms with van der Waals surface area (Å²) in [5.41, 5.74) is 0.857. The molecule has 0 aromatic heterocycles. The highest BCUT2D eigenvalue weighted by Gasteiger charge is 2.25. The lowest BCUT2D eigenvalue weighted by molar-refractivity contribution is 0.296. The lowest BCUT2D eigenvalue weighted by Crippen LogP contribution is -2.18. The molecule has 0 aromatic carbocycles. The molecular weight excluding hydrogens is 180 g/mol. The summed E-state index contributed by atoms with van der Waals surface area (Å²) < 4.78 is 5.30. The van der Waals surface area contributed by atoms with E-state index in [-0.39, 0.29) is 5.76 Å². The first-order valence-corrected chi connectivity index (χ1v) is 4.34. The number of aliphatic hydroxyl groups is 1. The SMILES string of the molecule is OC1=COC2=C3N=CCN3C=CC2=C1. The number of allylic oxidation sites excluding steroid dienone is 2. The predicted molar refractivity (Wildman–Crippen MR) is 51.2 cm³/mol. The molecule has 3 heterocycles. The Balaban J connectivity index is 2.13. The predicted octanol–water partition coefficient (Wildman–Crippen LogP) is 1.43. The number of hydrogen-bond acceptors (Lipinski definition) is 4. The summed E-state index contributed by atoms with van der Waals surface area (Å²) in [6.07, 6.45) is 8.64. The van der Waals surface area contributed by atoms with Gasteiger partial charge in [-0.15, -0.1) is 0 Å². The summed E-state index contributed by atoms with van der Waals surface area (Å²) in [6, 6.07) is 0. The zero-order valence-electron chi connectivity index (χ0n) is 7.34. The number of hydrogen-bond donors (Lipinski definition) is 1. The van der Waals surface area contributed by atoms with Crippen molar-refractivity contribution in [3.05, 3.63) is 47.5 Å². The standard InChI is InChI=1S/C10H8N2O2/c13-8-5-7-1-3-12-4-2-11-10(12)9(7)14-6-8/h1-3,5-6,13H,4H2. The second-order valence-electron chi connectivity index (χ2n) is 3.19. The largest absolute Gasteiger partial charge is 0.505 e. The molecule has 0 unspecified atom stereocenters. The first-order valence-electron chi connectivity index (χ1n) is 4.34. The van der Waals surface area contributed by atoms with E-state index in [4.69, 9.17) is 4.74 Å². The molecular formula is C10H8N2O2. The molecule has 0 fully saturated rings. The van der Waals surface area contributed by atoms with Crippen LogP contribution in [0.4, 0.5) is 0 Å². The fraction of sp³-hybridized carbons (Fsp3) is 0.100. The Kier molecular flexibility index (Phi) is 1.33. The van der Waals surface area contributed by atoms with Crippen LogP contribution in [0.2, 0.25) is 0 Å². The maximum atomic E-state index is 9.24. The van der Waals surface area contributed by atoms with Crippen LogP contribution in [0.5, 0.6) is 0 Å². The van der Waals surface area contributed by atoms with Gasteiger partial charge in [-0.3, -0.25) is 0 Å². The van der Waals surface area contributed by atoms with Crippen LogP contribution in [0, 0.1) is 0 Å². The number of fused-ring (bicyclic) bond motifs is 2. The van der Waals surface area contributed by atoms with Crippen molar-refractivity contribution < 1.29 is 9.84 Å². The van der Waals surface area contributed by atoms with Crippen molar-refractivity contribution in [1.29, 1.82) is 0 Å². The third kappa shape index (κ3) is 0.907. The monoisotopic (exact) mass is 188 g/mol. The van der Waals surface area contributed by atoms with Gasteiger partial charge in [-0.2, -0.15) is 0 Å². The van der Waals surface area contributed by atoms with Gasteiger partial charge in [0.2, 0.25) is 0 Å². The Hall–Kier alpha value is -1.97. The van der Waals surface area contributed by atoms with Gasteiger partial charge in [0, 0.05) is 18.0 Å². The van der Waals surface area contributed by atoms with E-state index in [1.807, 2.05) is 23.4 Å². The second-order valence-corrected chi connectivity index (χ2v) is 3.19. The molecule has 14 heavy (non-hydrogen) atoms. The average molecular weight is 188 g/mol. The Morgan fingerprint density at radius 3 is 3.36 bits per heavy atom. The average Bonchev–Trinajstić information content (AvgIpc) is 2.65. The Morgan fingerprint density at radius 1 is 1.50 bits per heavy atom. The highest BCUT2D eigenvalue weighted by molar-refractivity contribution is 5.67. The van der Waals surface area contributed by atoms with E-state index in [0.29, 0.717) is 5.76 Å². The topological polar surface area (TPSA) is 45.1 Å². The van der Waals surface area contributed by atoms with Gasteiger partial charge < -0.3 is 14.7 Å². The van der Waals surface area contributed by atoms with E-state index in [1.54, 1.807) is 6.08 Å². The van der Waals surface area contributed by atoms with Crippen LogP contribution in [-0.2, 0) is 4.74 Å². The van der Waals surface area contributed by atoms with Crippen molar-refractivity contribution in [1.82, 2.24) is 4.90 Å². The first-order chi connectivity index (χ1) is 6.84. The maximum Gasteiger partial charge on any atom is 0.176 e. The highest BCUT2D eigenvalue weighted by Crippen LogP contribution is 2.31. The third-order valence-corrected chi connectivity index (χ3v) is 2.26. The molecule has 0 aliphatic carbocycles. The van der Waals surface area contributed by atoms with E-state index in [9.17, 15) is 5.11 Å². The molecule has 4 heteroatoms. The fourth-order valence-electron chi connectivity index (χ4n) is 1.62. The van der Waals surface area contributed by atoms with Crippen LogP contribution in [0.25, 0.3) is 0 Å². The molecule has 0 saturated carbocycles. The van der Waals surface area contributed by atoms with Gasteiger partial charge in [-0.25, -0.2) is 4.99 Å². The maximum absolute atomic E-state index is 9.24. The van der Waals surface area contributed by atoms with Crippen LogP contribution < -0.4 is 0 Å².